The van der Waals surface area contributed by atoms with Crippen molar-refractivity contribution >= 4 is 40.3 Å². The number of hydrogen-bond donors (Lipinski definition) is 1. The highest BCUT2D eigenvalue weighted by molar-refractivity contribution is 7.99. The highest BCUT2D eigenvalue weighted by Crippen LogP contribution is 2.24. The van der Waals surface area contributed by atoms with Crippen LogP contribution in [0, 0.1) is 0 Å². The van der Waals surface area contributed by atoms with Crippen molar-refractivity contribution in [2.24, 2.45) is 0 Å². The Morgan fingerprint density at radius 1 is 1.19 bits per heavy atom. The molecule has 1 N–H and O–H groups in total. The summed E-state index contributed by atoms with van der Waals surface area (Å²) in [7, 11) is 0. The van der Waals surface area contributed by atoms with Crippen LogP contribution >= 0.6 is 23.4 Å². The van der Waals surface area contributed by atoms with E-state index in [9.17, 15) is 4.79 Å². The maximum atomic E-state index is 12.9. The number of thioether (sulfide) groups is 1. The van der Waals surface area contributed by atoms with Gasteiger partial charge in [0.25, 0.3) is 0 Å². The molecule has 0 aliphatic heterocycles. The summed E-state index contributed by atoms with van der Waals surface area (Å²) in [6.45, 7) is 6.77. The van der Waals surface area contributed by atoms with Crippen molar-refractivity contribution in [2.75, 3.05) is 5.75 Å². The number of carbonyl (C=O) groups excluding carboxylic acids is 1. The summed E-state index contributed by atoms with van der Waals surface area (Å²) in [5.74, 6) is 0.419. The molecule has 26 heavy (non-hydrogen) atoms. The molecule has 0 spiro atoms. The molecule has 6 heteroatoms. The van der Waals surface area contributed by atoms with Crippen molar-refractivity contribution in [1.82, 2.24) is 14.9 Å². The molecule has 1 aromatic heterocycles. The van der Waals surface area contributed by atoms with Crippen LogP contribution < -0.4 is 0 Å². The van der Waals surface area contributed by atoms with E-state index < -0.39 is 0 Å². The Balaban J connectivity index is 1.70. The second kappa shape index (κ2) is 7.72. The van der Waals surface area contributed by atoms with E-state index in [1.807, 2.05) is 53.4 Å². The van der Waals surface area contributed by atoms with Gasteiger partial charge in [0, 0.05) is 17.1 Å². The number of hydrogen-bond acceptors (Lipinski definition) is 3. The van der Waals surface area contributed by atoms with Crippen molar-refractivity contribution in [3.8, 4) is 0 Å². The highest BCUT2D eigenvalue weighted by atomic mass is 35.5. The van der Waals surface area contributed by atoms with Gasteiger partial charge in [-0.25, -0.2) is 4.98 Å². The number of nitrogens with zero attached hydrogens (tertiary/aromatic N) is 2. The Morgan fingerprint density at radius 2 is 1.92 bits per heavy atom. The number of amides is 1. The van der Waals surface area contributed by atoms with Crippen molar-refractivity contribution in [2.45, 2.75) is 38.0 Å². The second-order valence-corrected chi connectivity index (χ2v) is 8.53. The fraction of sp³-hybridized carbons (Fsp3) is 0.300. The van der Waals surface area contributed by atoms with E-state index >= 15 is 0 Å². The molecule has 3 rings (SSSR count). The number of benzene rings is 2. The van der Waals surface area contributed by atoms with E-state index in [0.29, 0.717) is 17.3 Å². The first-order valence-electron chi connectivity index (χ1n) is 8.45. The van der Waals surface area contributed by atoms with E-state index in [4.69, 9.17) is 11.6 Å². The molecule has 0 saturated carbocycles. The Morgan fingerprint density at radius 3 is 2.62 bits per heavy atom. The van der Waals surface area contributed by atoms with Crippen LogP contribution in [0.1, 0.15) is 26.3 Å². The van der Waals surface area contributed by atoms with Crippen LogP contribution in [0.2, 0.25) is 5.02 Å². The van der Waals surface area contributed by atoms with Crippen molar-refractivity contribution in [1.29, 1.82) is 0 Å². The molecule has 0 atom stereocenters. The minimum absolute atomic E-state index is 0.0878. The van der Waals surface area contributed by atoms with Gasteiger partial charge in [0.1, 0.15) is 0 Å². The molecule has 1 heterocycles. The first-order valence-corrected chi connectivity index (χ1v) is 9.82. The maximum absolute atomic E-state index is 12.9. The summed E-state index contributed by atoms with van der Waals surface area (Å²) in [6, 6.07) is 15.6. The van der Waals surface area contributed by atoms with E-state index in [1.165, 1.54) is 11.8 Å². The van der Waals surface area contributed by atoms with Crippen molar-refractivity contribution in [3.05, 3.63) is 59.1 Å². The molecule has 136 valence electrons. The van der Waals surface area contributed by atoms with Crippen LogP contribution in [0.5, 0.6) is 0 Å². The van der Waals surface area contributed by atoms with Crippen molar-refractivity contribution < 1.29 is 4.79 Å². The van der Waals surface area contributed by atoms with E-state index in [1.54, 1.807) is 0 Å². The summed E-state index contributed by atoms with van der Waals surface area (Å²) in [5, 5.41) is 1.39. The average Bonchev–Trinajstić information content (AvgIpc) is 2.99. The lowest BCUT2D eigenvalue weighted by Gasteiger charge is -2.36. The number of carbonyl (C=O) groups is 1. The van der Waals surface area contributed by atoms with Gasteiger partial charge in [-0.05, 0) is 44.5 Å². The molecule has 0 unspecified atom stereocenters. The van der Waals surface area contributed by atoms with Crippen LogP contribution in [0.25, 0.3) is 11.0 Å². The molecule has 0 radical (unpaired) electrons. The zero-order valence-corrected chi connectivity index (χ0v) is 16.7. The van der Waals surface area contributed by atoms with Crippen LogP contribution in [-0.4, -0.2) is 32.1 Å². The number of rotatable bonds is 5. The second-order valence-electron chi connectivity index (χ2n) is 7.13. The third-order valence-electron chi connectivity index (χ3n) is 4.05. The van der Waals surface area contributed by atoms with Gasteiger partial charge in [-0.2, -0.15) is 0 Å². The predicted octanol–water partition coefficient (Wildman–Crippen LogP) is 5.14. The molecule has 0 saturated heterocycles. The lowest BCUT2D eigenvalue weighted by molar-refractivity contribution is -0.133. The smallest absolute Gasteiger partial charge is 0.233 e. The standard InChI is InChI=1S/C20H22ClN3OS/c1-20(2,3)24(12-14-7-5-4-6-8-14)18(25)13-26-19-22-16-10-9-15(21)11-17(16)23-19/h4-11H,12-13H2,1-3H3,(H,22,23). The van der Waals surface area contributed by atoms with Gasteiger partial charge in [-0.3, -0.25) is 4.79 Å². The van der Waals surface area contributed by atoms with E-state index in [0.717, 1.165) is 21.8 Å². The Kier molecular flexibility index (Phi) is 5.58. The number of aromatic amines is 1. The van der Waals surface area contributed by atoms with Crippen LogP contribution in [0.3, 0.4) is 0 Å². The third-order valence-corrected chi connectivity index (χ3v) is 5.14. The van der Waals surface area contributed by atoms with Gasteiger partial charge in [-0.1, -0.05) is 53.7 Å². The third kappa shape index (κ3) is 4.59. The van der Waals surface area contributed by atoms with Crippen LogP contribution in [0.4, 0.5) is 0 Å². The average molecular weight is 388 g/mol. The van der Waals surface area contributed by atoms with Crippen LogP contribution in [0.15, 0.2) is 53.7 Å². The summed E-state index contributed by atoms with van der Waals surface area (Å²) in [6.07, 6.45) is 0. The Labute approximate surface area is 163 Å². The molecular weight excluding hydrogens is 366 g/mol. The minimum atomic E-state index is -0.255. The Bertz CT molecular complexity index is 902. The lowest BCUT2D eigenvalue weighted by atomic mass is 10.0. The van der Waals surface area contributed by atoms with Gasteiger partial charge < -0.3 is 9.88 Å². The summed E-state index contributed by atoms with van der Waals surface area (Å²) >= 11 is 7.42. The van der Waals surface area contributed by atoms with Gasteiger partial charge in [-0.15, -0.1) is 0 Å². The molecule has 0 bridgehead atoms. The SMILES string of the molecule is CC(C)(C)N(Cc1ccccc1)C(=O)CSc1nc2ccc(Cl)cc2[nH]1. The van der Waals surface area contributed by atoms with Crippen molar-refractivity contribution in [3.63, 3.8) is 0 Å². The zero-order chi connectivity index (χ0) is 18.7. The van der Waals surface area contributed by atoms with Gasteiger partial charge in [0.2, 0.25) is 5.91 Å². The first kappa shape index (κ1) is 18.8. The Hall–Kier alpha value is -1.98. The predicted molar refractivity (Wildman–Crippen MR) is 109 cm³/mol. The molecule has 0 aliphatic carbocycles. The first-order chi connectivity index (χ1) is 12.3. The van der Waals surface area contributed by atoms with Gasteiger partial charge in [0.05, 0.1) is 16.8 Å². The molecule has 0 fully saturated rings. The molecule has 1 amide bonds. The van der Waals surface area contributed by atoms with Gasteiger partial charge >= 0.3 is 0 Å². The van der Waals surface area contributed by atoms with E-state index in [-0.39, 0.29) is 11.4 Å². The number of halogens is 1. The number of aromatic nitrogens is 2. The van der Waals surface area contributed by atoms with E-state index in [2.05, 4.69) is 30.7 Å². The fourth-order valence-electron chi connectivity index (χ4n) is 2.70. The maximum Gasteiger partial charge on any atom is 0.233 e. The number of H-pyrrole nitrogens is 1. The summed E-state index contributed by atoms with van der Waals surface area (Å²) in [5.41, 5.74) is 2.60. The molecule has 4 nitrogen and oxygen atoms in total. The molecule has 3 aromatic rings. The largest absolute Gasteiger partial charge is 0.333 e. The number of fused-ring (bicyclic) bond motifs is 1. The summed E-state index contributed by atoms with van der Waals surface area (Å²) in [4.78, 5) is 22.5. The summed E-state index contributed by atoms with van der Waals surface area (Å²) < 4.78 is 0. The fourth-order valence-corrected chi connectivity index (χ4v) is 3.63. The highest BCUT2D eigenvalue weighted by Gasteiger charge is 2.26. The minimum Gasteiger partial charge on any atom is -0.333 e. The number of nitrogens with one attached hydrogen (secondary N) is 1. The normalized spacial score (nSPS) is 11.7. The van der Waals surface area contributed by atoms with Gasteiger partial charge in [0.15, 0.2) is 5.16 Å². The van der Waals surface area contributed by atoms with Crippen LogP contribution in [-0.2, 0) is 11.3 Å². The molecule has 0 aliphatic rings. The monoisotopic (exact) mass is 387 g/mol. The number of imidazole rings is 1. The molecule has 2 aromatic carbocycles. The zero-order valence-electron chi connectivity index (χ0n) is 15.1. The topological polar surface area (TPSA) is 49.0 Å². The quantitative estimate of drug-likeness (QED) is 0.617. The lowest BCUT2D eigenvalue weighted by Crippen LogP contribution is -2.45. The molecular formula is C20H22ClN3OS.